The van der Waals surface area contributed by atoms with Gasteiger partial charge in [0, 0.05) is 24.9 Å². The maximum atomic E-state index is 14.2. The van der Waals surface area contributed by atoms with E-state index in [0.717, 1.165) is 19.3 Å². The van der Waals surface area contributed by atoms with Crippen molar-refractivity contribution in [2.24, 2.45) is 23.5 Å². The molecule has 5 atom stereocenters. The first-order valence-electron chi connectivity index (χ1n) is 17.7. The fraction of sp³-hybridized carbons (Fsp3) is 0.676. The second-order valence-electron chi connectivity index (χ2n) is 13.9. The summed E-state index contributed by atoms with van der Waals surface area (Å²) in [5, 5.41) is 8.02. The molecule has 7 amide bonds. The maximum Gasteiger partial charge on any atom is 0.326 e. The van der Waals surface area contributed by atoms with Crippen molar-refractivity contribution < 1.29 is 42.0 Å². The van der Waals surface area contributed by atoms with Gasteiger partial charge in [0.15, 0.2) is 0 Å². The molecule has 1 aromatic rings. The maximum absolute atomic E-state index is 14.2. The van der Waals surface area contributed by atoms with Crippen LogP contribution in [0.1, 0.15) is 109 Å². The number of amides is 7. The van der Waals surface area contributed by atoms with Gasteiger partial charge >= 0.3 is 11.8 Å². The normalized spacial score (nSPS) is 16.4. The quantitative estimate of drug-likeness (QED) is 0.138. The minimum Gasteiger partial charge on any atom is -0.342 e. The van der Waals surface area contributed by atoms with Gasteiger partial charge in [0.2, 0.25) is 27.7 Å². The average Bonchev–Trinajstić information content (AvgIpc) is 3.09. The third kappa shape index (κ3) is 14.0. The molecule has 18 heteroatoms. The fourth-order valence-electron chi connectivity index (χ4n) is 5.81. The molecule has 0 radical (unpaired) electrons. The Kier molecular flexibility index (Phi) is 17.4. The van der Waals surface area contributed by atoms with Crippen LogP contribution >= 0.6 is 0 Å². The topological polar surface area (TPSA) is 257 Å². The van der Waals surface area contributed by atoms with Gasteiger partial charge in [0.05, 0.1) is 12.5 Å². The summed E-state index contributed by atoms with van der Waals surface area (Å²) < 4.78 is 25.0. The van der Waals surface area contributed by atoms with Gasteiger partial charge in [-0.15, -0.1) is 0 Å². The molecule has 0 spiro atoms. The average molecular weight is 751 g/mol. The number of carbonyl (C=O) groups excluding carboxylic acids is 7. The van der Waals surface area contributed by atoms with Crippen LogP contribution in [0.25, 0.3) is 0 Å². The van der Waals surface area contributed by atoms with Crippen LogP contribution in [0.3, 0.4) is 0 Å². The molecular weight excluding hydrogens is 696 g/mol. The lowest BCUT2D eigenvalue weighted by molar-refractivity contribution is -0.160. The second-order valence-corrected chi connectivity index (χ2v) is 15.6. The van der Waals surface area contributed by atoms with Gasteiger partial charge in [0.25, 0.3) is 11.8 Å². The molecular formula is C34H54N8O9S. The van der Waals surface area contributed by atoms with Crippen LogP contribution in [0, 0.1) is 17.8 Å². The third-order valence-electron chi connectivity index (χ3n) is 8.93. The highest BCUT2D eigenvalue weighted by molar-refractivity contribution is 7.89. The molecule has 1 aliphatic carbocycles. The van der Waals surface area contributed by atoms with Crippen molar-refractivity contribution in [3.8, 4) is 0 Å². The molecule has 6 N–H and O–H groups in total. The monoisotopic (exact) mass is 750 g/mol. The Balaban J connectivity index is 2.48. The van der Waals surface area contributed by atoms with Gasteiger partial charge in [-0.25, -0.2) is 23.0 Å². The van der Waals surface area contributed by atoms with Gasteiger partial charge in [0.1, 0.15) is 23.8 Å². The van der Waals surface area contributed by atoms with Crippen molar-refractivity contribution in [3.63, 3.8) is 0 Å². The van der Waals surface area contributed by atoms with Crippen molar-refractivity contribution in [2.45, 2.75) is 123 Å². The molecule has 0 aromatic carbocycles. The third-order valence-corrected chi connectivity index (χ3v) is 9.49. The molecule has 1 aromatic heterocycles. The summed E-state index contributed by atoms with van der Waals surface area (Å²) in [6.45, 7) is 8.88. The van der Waals surface area contributed by atoms with Gasteiger partial charge in [-0.1, -0.05) is 73.1 Å². The summed E-state index contributed by atoms with van der Waals surface area (Å²) in [6, 6.07) is -4.61. The van der Waals surface area contributed by atoms with E-state index in [0.29, 0.717) is 25.5 Å². The number of carbonyl (C=O) groups is 7. The lowest BCUT2D eigenvalue weighted by atomic mass is 9.84. The zero-order valence-corrected chi connectivity index (χ0v) is 31.7. The molecule has 52 heavy (non-hydrogen) atoms. The molecule has 1 fully saturated rings. The van der Waals surface area contributed by atoms with E-state index in [1.807, 2.05) is 13.8 Å². The first kappa shape index (κ1) is 43.8. The number of nitrogens with zero attached hydrogens (tertiary/aromatic N) is 3. The first-order chi connectivity index (χ1) is 24.4. The van der Waals surface area contributed by atoms with Crippen LogP contribution in [-0.4, -0.2) is 95.1 Å². The van der Waals surface area contributed by atoms with E-state index in [-0.39, 0.29) is 41.7 Å². The number of hydrogen-bond donors (Lipinski definition) is 5. The molecule has 0 bridgehead atoms. The zero-order chi connectivity index (χ0) is 39.2. The van der Waals surface area contributed by atoms with Gasteiger partial charge in [-0.3, -0.25) is 38.5 Å². The summed E-state index contributed by atoms with van der Waals surface area (Å²) in [4.78, 5) is 102. The van der Waals surface area contributed by atoms with E-state index < -0.39 is 87.9 Å². The molecule has 1 aliphatic rings. The Morgan fingerprint density at radius 1 is 0.904 bits per heavy atom. The van der Waals surface area contributed by atoms with E-state index in [1.165, 1.54) is 23.3 Å². The lowest BCUT2D eigenvalue weighted by Crippen LogP contribution is -2.61. The minimum absolute atomic E-state index is 0.000472. The van der Waals surface area contributed by atoms with E-state index >= 15 is 0 Å². The Labute approximate surface area is 305 Å². The predicted octanol–water partition coefficient (Wildman–Crippen LogP) is 0.692. The Morgan fingerprint density at radius 2 is 1.56 bits per heavy atom. The van der Waals surface area contributed by atoms with Crippen LogP contribution in [-0.2, 0) is 38.8 Å². The standard InChI is InChI=1S/C34H54N8O9S/c1-7-21(5)28(40-29(44)24(16-20(3)4)38-30(45)26-19-36-14-15-37-26)31(46)39-25(17-22-12-10-9-11-13-22)33(48)42(27(43)18-23(35)8-2)34(49)32(47)41-52(6,50)51/h14-15,19-25,28H,7-13,16-18,35H2,1-6H3,(H,38,45)(H,39,46)(H,40,44)(H,41,47)/t21-,23?,24-,25-,28-/m0/s1. The molecule has 17 nitrogen and oxygen atoms in total. The Bertz CT molecular complexity index is 1530. The van der Waals surface area contributed by atoms with Crippen molar-refractivity contribution in [1.82, 2.24) is 35.5 Å². The van der Waals surface area contributed by atoms with Crippen LogP contribution in [0.4, 0.5) is 0 Å². The van der Waals surface area contributed by atoms with Gasteiger partial charge in [-0.05, 0) is 37.0 Å². The zero-order valence-electron chi connectivity index (χ0n) is 30.8. The van der Waals surface area contributed by atoms with Crippen LogP contribution in [0.15, 0.2) is 18.6 Å². The predicted molar refractivity (Wildman–Crippen MR) is 190 cm³/mol. The minimum atomic E-state index is -4.25. The number of imide groups is 3. The molecule has 2 rings (SSSR count). The van der Waals surface area contributed by atoms with Crippen LogP contribution in [0.2, 0.25) is 0 Å². The highest BCUT2D eigenvalue weighted by Gasteiger charge is 2.41. The molecule has 1 heterocycles. The van der Waals surface area contributed by atoms with Gasteiger partial charge in [-0.2, -0.15) is 0 Å². The Hall–Kier alpha value is -4.32. The number of nitrogens with one attached hydrogen (secondary N) is 4. The molecule has 290 valence electrons. The Morgan fingerprint density at radius 3 is 2.10 bits per heavy atom. The van der Waals surface area contributed by atoms with Crippen LogP contribution in [0.5, 0.6) is 0 Å². The number of rotatable bonds is 17. The summed E-state index contributed by atoms with van der Waals surface area (Å²) >= 11 is 0. The SMILES string of the molecule is CCC(N)CC(=O)N(C(=O)C(=O)NS(C)(=O)=O)C(=O)[C@H](CC1CCCCC1)NC(=O)[C@@H](NC(=O)[C@H](CC(C)C)NC(=O)c1cnccn1)[C@@H](C)CC. The van der Waals surface area contributed by atoms with Crippen molar-refractivity contribution in [2.75, 3.05) is 6.26 Å². The van der Waals surface area contributed by atoms with Crippen molar-refractivity contribution in [1.29, 1.82) is 0 Å². The highest BCUT2D eigenvalue weighted by atomic mass is 32.2. The fourth-order valence-corrected chi connectivity index (χ4v) is 6.24. The molecule has 1 unspecified atom stereocenters. The first-order valence-corrected chi connectivity index (χ1v) is 19.6. The highest BCUT2D eigenvalue weighted by Crippen LogP contribution is 2.28. The summed E-state index contributed by atoms with van der Waals surface area (Å²) in [7, 11) is -4.25. The van der Waals surface area contributed by atoms with E-state index in [4.69, 9.17) is 5.73 Å². The van der Waals surface area contributed by atoms with Gasteiger partial charge < -0.3 is 21.7 Å². The number of hydrogen-bond acceptors (Lipinski definition) is 12. The van der Waals surface area contributed by atoms with Crippen LogP contribution < -0.4 is 26.4 Å². The smallest absolute Gasteiger partial charge is 0.326 e. The number of aromatic nitrogens is 2. The number of sulfonamides is 1. The van der Waals surface area contributed by atoms with Crippen molar-refractivity contribution >= 4 is 51.4 Å². The second kappa shape index (κ2) is 20.7. The molecule has 0 aliphatic heterocycles. The summed E-state index contributed by atoms with van der Waals surface area (Å²) in [6.07, 6.45) is 9.06. The van der Waals surface area contributed by atoms with E-state index in [9.17, 15) is 42.0 Å². The molecule has 0 saturated heterocycles. The van der Waals surface area contributed by atoms with Crippen molar-refractivity contribution in [3.05, 3.63) is 24.3 Å². The number of nitrogens with two attached hydrogens (primary N) is 1. The lowest BCUT2D eigenvalue weighted by Gasteiger charge is -2.32. The summed E-state index contributed by atoms with van der Waals surface area (Å²) in [5.74, 6) is -8.60. The molecule has 1 saturated carbocycles. The van der Waals surface area contributed by atoms with E-state index in [1.54, 1.807) is 20.8 Å². The summed E-state index contributed by atoms with van der Waals surface area (Å²) in [5.41, 5.74) is 5.93. The van der Waals surface area contributed by atoms with E-state index in [2.05, 4.69) is 25.9 Å². The largest absolute Gasteiger partial charge is 0.342 e.